The van der Waals surface area contributed by atoms with E-state index in [1.165, 1.54) is 38.1 Å². The minimum atomic E-state index is 0.606. The van der Waals surface area contributed by atoms with Crippen LogP contribution in [-0.4, -0.2) is 19.1 Å². The number of aromatic nitrogens is 4. The molecule has 0 aliphatic rings. The molecule has 65 heavy (non-hydrogen) atoms. The molecular weight excluding hydrogens is 793 g/mol. The minimum absolute atomic E-state index is 0.606. The van der Waals surface area contributed by atoms with Crippen LogP contribution < -0.4 is 0 Å². The summed E-state index contributed by atoms with van der Waals surface area (Å²) in [6, 6.07) is 77.9. The zero-order valence-corrected chi connectivity index (χ0v) is 35.0. The van der Waals surface area contributed by atoms with Gasteiger partial charge in [-0.1, -0.05) is 158 Å². The number of hydrogen-bond donors (Lipinski definition) is 0. The monoisotopic (exact) mass is 828 g/mol. The first-order valence-electron chi connectivity index (χ1n) is 22.1. The molecule has 4 heterocycles. The van der Waals surface area contributed by atoms with Crippen LogP contribution in [0, 0.1) is 0 Å². The maximum atomic E-state index is 6.83. The van der Waals surface area contributed by atoms with Gasteiger partial charge in [-0.3, -0.25) is 4.57 Å². The van der Waals surface area contributed by atoms with Crippen LogP contribution in [0.15, 0.2) is 223 Å². The van der Waals surface area contributed by atoms with E-state index < -0.39 is 0 Å². The van der Waals surface area contributed by atoms with Gasteiger partial charge >= 0.3 is 0 Å². The predicted molar refractivity (Wildman–Crippen MR) is 269 cm³/mol. The lowest BCUT2D eigenvalue weighted by atomic mass is 9.96. The van der Waals surface area contributed by atoms with Crippen molar-refractivity contribution in [3.05, 3.63) is 218 Å². The maximum Gasteiger partial charge on any atom is 0.235 e. The highest BCUT2D eigenvalue weighted by atomic mass is 16.3. The number of para-hydroxylation sites is 5. The van der Waals surface area contributed by atoms with Gasteiger partial charge in [-0.25, -0.2) is 9.97 Å². The Hall–Kier alpha value is -8.80. The molecule has 0 saturated carbocycles. The molecule has 10 aromatic carbocycles. The second-order valence-electron chi connectivity index (χ2n) is 16.9. The van der Waals surface area contributed by atoms with Crippen molar-refractivity contribution in [2.45, 2.75) is 0 Å². The van der Waals surface area contributed by atoms with E-state index in [0.717, 1.165) is 88.3 Å². The van der Waals surface area contributed by atoms with Gasteiger partial charge in [0.15, 0.2) is 0 Å². The predicted octanol–water partition coefficient (Wildman–Crippen LogP) is 15.9. The molecule has 14 aromatic rings. The van der Waals surface area contributed by atoms with Crippen molar-refractivity contribution in [1.29, 1.82) is 0 Å². The van der Waals surface area contributed by atoms with Gasteiger partial charge in [0.2, 0.25) is 5.95 Å². The molecule has 0 spiro atoms. The lowest BCUT2D eigenvalue weighted by molar-refractivity contribution is 0.673. The molecule has 0 aliphatic carbocycles. The largest absolute Gasteiger partial charge is 0.455 e. The van der Waals surface area contributed by atoms with Crippen LogP contribution in [0.2, 0.25) is 0 Å². The molecule has 14 rings (SSSR count). The quantitative estimate of drug-likeness (QED) is 0.174. The number of benzene rings is 10. The summed E-state index contributed by atoms with van der Waals surface area (Å²) in [4.78, 5) is 10.9. The Morgan fingerprint density at radius 1 is 0.369 bits per heavy atom. The van der Waals surface area contributed by atoms with Crippen LogP contribution in [-0.2, 0) is 0 Å². The molecule has 0 aliphatic heterocycles. The van der Waals surface area contributed by atoms with Gasteiger partial charge < -0.3 is 8.98 Å². The average Bonchev–Trinajstić information content (AvgIpc) is 4.04. The molecule has 302 valence electrons. The topological polar surface area (TPSA) is 48.8 Å². The summed E-state index contributed by atoms with van der Waals surface area (Å²) in [5.74, 6) is 0.606. The highest BCUT2D eigenvalue weighted by Gasteiger charge is 2.25. The average molecular weight is 829 g/mol. The highest BCUT2D eigenvalue weighted by Crippen LogP contribution is 2.46. The van der Waals surface area contributed by atoms with Crippen molar-refractivity contribution in [3.8, 4) is 45.1 Å². The molecule has 0 radical (unpaired) electrons. The minimum Gasteiger partial charge on any atom is -0.455 e. The van der Waals surface area contributed by atoms with Crippen molar-refractivity contribution < 1.29 is 4.42 Å². The first-order chi connectivity index (χ1) is 32.2. The second-order valence-corrected chi connectivity index (χ2v) is 16.9. The summed E-state index contributed by atoms with van der Waals surface area (Å²) in [6.07, 6.45) is 0. The standard InChI is InChI=1S/C60H36N4O/c1-2-16-43(17-3-1)63-52-23-11-7-18-44(52)49-35-41(32-33-54(49)63)38-26-29-39(30-27-38)48-36-50-45-19-9-13-25-55(45)65-59(50)56-47-21-8-12-24-53(47)64(58(48)56)60-61-51-22-10-6-20-46(51)57(62-60)42-31-28-37-14-4-5-15-40(37)34-42/h1-36H. The lowest BCUT2D eigenvalue weighted by Gasteiger charge is -2.14. The Morgan fingerprint density at radius 2 is 1.00 bits per heavy atom. The number of nitrogens with zero attached hydrogens (tertiary/aromatic N) is 4. The first-order valence-corrected chi connectivity index (χ1v) is 22.1. The van der Waals surface area contributed by atoms with Crippen LogP contribution in [0.4, 0.5) is 0 Å². The van der Waals surface area contributed by atoms with E-state index in [0.29, 0.717) is 5.95 Å². The van der Waals surface area contributed by atoms with E-state index in [2.05, 4.69) is 221 Å². The number of furan rings is 1. The molecule has 0 saturated heterocycles. The van der Waals surface area contributed by atoms with Crippen LogP contribution in [0.1, 0.15) is 0 Å². The molecule has 0 atom stereocenters. The summed E-state index contributed by atoms with van der Waals surface area (Å²) in [5, 5.41) is 10.1. The normalized spacial score (nSPS) is 12.0. The van der Waals surface area contributed by atoms with Crippen molar-refractivity contribution in [1.82, 2.24) is 19.1 Å². The fraction of sp³-hybridized carbons (Fsp3) is 0. The Labute approximate surface area is 372 Å². The summed E-state index contributed by atoms with van der Waals surface area (Å²) in [5.41, 5.74) is 14.6. The zero-order valence-electron chi connectivity index (χ0n) is 35.0. The fourth-order valence-corrected chi connectivity index (χ4v) is 10.3. The first kappa shape index (κ1) is 35.8. The van der Waals surface area contributed by atoms with Gasteiger partial charge in [0, 0.05) is 49.1 Å². The summed E-state index contributed by atoms with van der Waals surface area (Å²) in [7, 11) is 0. The van der Waals surface area contributed by atoms with Crippen molar-refractivity contribution in [2.75, 3.05) is 0 Å². The van der Waals surface area contributed by atoms with E-state index in [4.69, 9.17) is 14.4 Å². The molecule has 5 nitrogen and oxygen atoms in total. The highest BCUT2D eigenvalue weighted by molar-refractivity contribution is 6.27. The molecule has 0 unspecified atom stereocenters. The van der Waals surface area contributed by atoms with E-state index in [-0.39, 0.29) is 0 Å². The van der Waals surface area contributed by atoms with E-state index in [1.54, 1.807) is 0 Å². The molecule has 5 heteroatoms. The van der Waals surface area contributed by atoms with Crippen LogP contribution in [0.25, 0.3) is 132 Å². The number of hydrogen-bond acceptors (Lipinski definition) is 3. The van der Waals surface area contributed by atoms with E-state index >= 15 is 0 Å². The summed E-state index contributed by atoms with van der Waals surface area (Å²) in [6.45, 7) is 0. The fourth-order valence-electron chi connectivity index (χ4n) is 10.3. The maximum absolute atomic E-state index is 6.83. The molecule has 0 N–H and O–H groups in total. The van der Waals surface area contributed by atoms with Gasteiger partial charge in [-0.15, -0.1) is 0 Å². The third kappa shape index (κ3) is 5.39. The van der Waals surface area contributed by atoms with Crippen LogP contribution in [0.3, 0.4) is 0 Å². The molecule has 0 amide bonds. The lowest BCUT2D eigenvalue weighted by Crippen LogP contribution is -2.04. The molecular formula is C60H36N4O. The third-order valence-electron chi connectivity index (χ3n) is 13.3. The number of rotatable bonds is 5. The van der Waals surface area contributed by atoms with Gasteiger partial charge in [0.25, 0.3) is 0 Å². The van der Waals surface area contributed by atoms with Gasteiger partial charge in [0.05, 0.1) is 38.7 Å². The van der Waals surface area contributed by atoms with Crippen molar-refractivity contribution in [3.63, 3.8) is 0 Å². The van der Waals surface area contributed by atoms with E-state index in [9.17, 15) is 0 Å². The zero-order chi connectivity index (χ0) is 42.6. The van der Waals surface area contributed by atoms with Crippen LogP contribution >= 0.6 is 0 Å². The van der Waals surface area contributed by atoms with Crippen LogP contribution in [0.5, 0.6) is 0 Å². The Balaban J connectivity index is 1.00. The van der Waals surface area contributed by atoms with Gasteiger partial charge in [0.1, 0.15) is 11.2 Å². The molecule has 0 fully saturated rings. The second kappa shape index (κ2) is 13.9. The van der Waals surface area contributed by atoms with E-state index in [1.807, 2.05) is 6.07 Å². The third-order valence-corrected chi connectivity index (χ3v) is 13.3. The van der Waals surface area contributed by atoms with Crippen molar-refractivity contribution >= 4 is 87.2 Å². The molecule has 0 bridgehead atoms. The Morgan fingerprint density at radius 3 is 1.85 bits per heavy atom. The van der Waals surface area contributed by atoms with Gasteiger partial charge in [-0.2, -0.15) is 0 Å². The van der Waals surface area contributed by atoms with Crippen molar-refractivity contribution in [2.24, 2.45) is 0 Å². The SMILES string of the molecule is c1ccc(-n2c3ccccc3c3cc(-c4ccc(-c5cc6c7ccccc7oc6c6c7ccccc7n(-c7nc(-c8ccc9ccccc9c8)c8ccccc8n7)c56)cc4)ccc32)cc1. The number of fused-ring (bicyclic) bond motifs is 12. The summed E-state index contributed by atoms with van der Waals surface area (Å²) >= 11 is 0. The Kier molecular flexibility index (Phi) is 7.62. The molecule has 4 aromatic heterocycles. The van der Waals surface area contributed by atoms with Gasteiger partial charge in [-0.05, 0) is 88.1 Å². The Bertz CT molecular complexity index is 4230. The smallest absolute Gasteiger partial charge is 0.235 e. The summed E-state index contributed by atoms with van der Waals surface area (Å²) < 4.78 is 11.5.